The van der Waals surface area contributed by atoms with Crippen molar-refractivity contribution < 1.29 is 0 Å². The molecule has 0 amide bonds. The first-order valence-corrected chi connectivity index (χ1v) is 6.35. The highest BCUT2D eigenvalue weighted by molar-refractivity contribution is 6.31. The molecule has 0 heterocycles. The zero-order chi connectivity index (χ0) is 12.3. The smallest absolute Gasteiger partial charge is 0.0438 e. The fraction of sp³-hybridized carbons (Fsp3) is 0.571. The molecule has 2 heteroatoms. The molecule has 0 aliphatic heterocycles. The van der Waals surface area contributed by atoms with E-state index < -0.39 is 0 Å². The van der Waals surface area contributed by atoms with Gasteiger partial charge >= 0.3 is 0 Å². The van der Waals surface area contributed by atoms with Crippen molar-refractivity contribution in [2.75, 3.05) is 0 Å². The van der Waals surface area contributed by atoms with Gasteiger partial charge in [0.05, 0.1) is 0 Å². The zero-order valence-electron chi connectivity index (χ0n) is 10.7. The molecule has 0 saturated heterocycles. The summed E-state index contributed by atoms with van der Waals surface area (Å²) in [4.78, 5) is 0. The molecule has 2 unspecified atom stereocenters. The van der Waals surface area contributed by atoms with E-state index in [0.717, 1.165) is 17.0 Å². The molecular weight excluding hydrogens is 218 g/mol. The van der Waals surface area contributed by atoms with Crippen LogP contribution in [0.15, 0.2) is 12.1 Å². The molecule has 0 saturated carbocycles. The molecule has 0 bridgehead atoms. The Morgan fingerprint density at radius 1 is 1.25 bits per heavy atom. The van der Waals surface area contributed by atoms with Crippen molar-refractivity contribution >= 4 is 11.6 Å². The predicted molar refractivity (Wildman–Crippen MR) is 71.9 cm³/mol. The van der Waals surface area contributed by atoms with E-state index in [2.05, 4.69) is 26.8 Å². The minimum atomic E-state index is 0.130. The van der Waals surface area contributed by atoms with Crippen LogP contribution in [0.2, 0.25) is 5.02 Å². The van der Waals surface area contributed by atoms with Crippen molar-refractivity contribution in [2.45, 2.75) is 46.6 Å². The van der Waals surface area contributed by atoms with E-state index in [1.807, 2.05) is 13.0 Å². The lowest BCUT2D eigenvalue weighted by Crippen LogP contribution is -2.15. The van der Waals surface area contributed by atoms with E-state index in [0.29, 0.717) is 5.92 Å². The van der Waals surface area contributed by atoms with Crippen LogP contribution < -0.4 is 5.73 Å². The van der Waals surface area contributed by atoms with Crippen molar-refractivity contribution in [2.24, 2.45) is 11.7 Å². The summed E-state index contributed by atoms with van der Waals surface area (Å²) >= 11 is 6.08. The Morgan fingerprint density at radius 3 is 2.44 bits per heavy atom. The van der Waals surface area contributed by atoms with Gasteiger partial charge in [0, 0.05) is 11.1 Å². The molecule has 0 spiro atoms. The molecule has 0 fully saturated rings. The van der Waals surface area contributed by atoms with Gasteiger partial charge in [0.1, 0.15) is 0 Å². The molecule has 1 rings (SSSR count). The maximum atomic E-state index is 6.25. The summed E-state index contributed by atoms with van der Waals surface area (Å²) in [6, 6.07) is 4.28. The minimum absolute atomic E-state index is 0.130. The number of hydrogen-bond donors (Lipinski definition) is 1. The van der Waals surface area contributed by atoms with Gasteiger partial charge in [-0.15, -0.1) is 0 Å². The molecule has 2 N–H and O–H groups in total. The number of halogens is 1. The van der Waals surface area contributed by atoms with Gasteiger partial charge in [0.25, 0.3) is 0 Å². The van der Waals surface area contributed by atoms with Crippen molar-refractivity contribution in [1.82, 2.24) is 0 Å². The lowest BCUT2D eigenvalue weighted by atomic mass is 9.91. The van der Waals surface area contributed by atoms with Crippen LogP contribution in [-0.2, 0) is 0 Å². The second-order valence-electron chi connectivity index (χ2n) is 4.81. The third kappa shape index (κ3) is 3.23. The molecule has 1 nitrogen and oxygen atoms in total. The molecule has 90 valence electrons. The quantitative estimate of drug-likeness (QED) is 0.829. The number of benzene rings is 1. The van der Waals surface area contributed by atoms with Gasteiger partial charge in [0.2, 0.25) is 0 Å². The van der Waals surface area contributed by atoms with Crippen molar-refractivity contribution in [3.05, 3.63) is 33.8 Å². The van der Waals surface area contributed by atoms with E-state index in [1.165, 1.54) is 17.5 Å². The number of rotatable bonds is 4. The number of hydrogen-bond acceptors (Lipinski definition) is 1. The lowest BCUT2D eigenvalue weighted by molar-refractivity contribution is 0.460. The van der Waals surface area contributed by atoms with E-state index in [-0.39, 0.29) is 6.04 Å². The Kier molecular flexibility index (Phi) is 4.82. The van der Waals surface area contributed by atoms with Crippen molar-refractivity contribution in [1.29, 1.82) is 0 Å². The minimum Gasteiger partial charge on any atom is -0.324 e. The standard InChI is InChI=1S/C14H22ClN/c1-5-9(2)6-14(16)12-7-11(4)13(15)8-10(12)3/h7-9,14H,5-6,16H2,1-4H3. The Labute approximate surface area is 104 Å². The normalized spacial score (nSPS) is 14.9. The largest absolute Gasteiger partial charge is 0.324 e. The molecule has 2 atom stereocenters. The van der Waals surface area contributed by atoms with Crippen molar-refractivity contribution in [3.8, 4) is 0 Å². The zero-order valence-corrected chi connectivity index (χ0v) is 11.4. The Morgan fingerprint density at radius 2 is 1.88 bits per heavy atom. The van der Waals surface area contributed by atoms with Crippen LogP contribution in [0, 0.1) is 19.8 Å². The summed E-state index contributed by atoms with van der Waals surface area (Å²) in [6.07, 6.45) is 2.22. The number of nitrogens with two attached hydrogens (primary N) is 1. The molecule has 1 aromatic carbocycles. The highest BCUT2D eigenvalue weighted by atomic mass is 35.5. The van der Waals surface area contributed by atoms with Crippen LogP contribution in [-0.4, -0.2) is 0 Å². The first-order chi connectivity index (χ1) is 7.45. The van der Waals surface area contributed by atoms with Crippen LogP contribution in [0.3, 0.4) is 0 Å². The summed E-state index contributed by atoms with van der Waals surface area (Å²) in [6.45, 7) is 8.56. The SMILES string of the molecule is CCC(C)CC(N)c1cc(C)c(Cl)cc1C. The summed E-state index contributed by atoms with van der Waals surface area (Å²) in [5.74, 6) is 0.672. The van der Waals surface area contributed by atoms with Crippen molar-refractivity contribution in [3.63, 3.8) is 0 Å². The molecule has 0 aromatic heterocycles. The summed E-state index contributed by atoms with van der Waals surface area (Å²) in [5, 5.41) is 0.831. The molecule has 16 heavy (non-hydrogen) atoms. The van der Waals surface area contributed by atoms with Gasteiger partial charge in [-0.05, 0) is 48.9 Å². The third-order valence-electron chi connectivity index (χ3n) is 3.30. The third-order valence-corrected chi connectivity index (χ3v) is 3.71. The van der Waals surface area contributed by atoms with E-state index in [9.17, 15) is 0 Å². The highest BCUT2D eigenvalue weighted by Gasteiger charge is 2.13. The summed E-state index contributed by atoms with van der Waals surface area (Å²) in [5.41, 5.74) is 9.80. The Bertz CT molecular complexity index is 360. The van der Waals surface area contributed by atoms with Crippen LogP contribution in [0.5, 0.6) is 0 Å². The summed E-state index contributed by atoms with van der Waals surface area (Å²) < 4.78 is 0. The Balaban J connectivity index is 2.91. The van der Waals surface area contributed by atoms with E-state index in [4.69, 9.17) is 17.3 Å². The molecular formula is C14H22ClN. The van der Waals surface area contributed by atoms with Crippen LogP contribution in [0.1, 0.15) is 49.4 Å². The predicted octanol–water partition coefficient (Wildman–Crippen LogP) is 4.39. The second-order valence-corrected chi connectivity index (χ2v) is 5.22. The van der Waals surface area contributed by atoms with E-state index in [1.54, 1.807) is 0 Å². The number of aryl methyl sites for hydroxylation is 2. The monoisotopic (exact) mass is 239 g/mol. The van der Waals surface area contributed by atoms with Gasteiger partial charge in [-0.1, -0.05) is 37.9 Å². The van der Waals surface area contributed by atoms with Gasteiger partial charge in [0.15, 0.2) is 0 Å². The summed E-state index contributed by atoms with van der Waals surface area (Å²) in [7, 11) is 0. The average molecular weight is 240 g/mol. The molecule has 0 aliphatic carbocycles. The lowest BCUT2D eigenvalue weighted by Gasteiger charge is -2.19. The fourth-order valence-electron chi connectivity index (χ4n) is 1.93. The molecule has 0 aliphatic rings. The topological polar surface area (TPSA) is 26.0 Å². The molecule has 1 aromatic rings. The first kappa shape index (κ1) is 13.5. The highest BCUT2D eigenvalue weighted by Crippen LogP contribution is 2.27. The van der Waals surface area contributed by atoms with Crippen LogP contribution >= 0.6 is 11.6 Å². The Hall–Kier alpha value is -0.530. The van der Waals surface area contributed by atoms with Gasteiger partial charge in [-0.2, -0.15) is 0 Å². The van der Waals surface area contributed by atoms with Crippen LogP contribution in [0.4, 0.5) is 0 Å². The van der Waals surface area contributed by atoms with Gasteiger partial charge in [-0.25, -0.2) is 0 Å². The van der Waals surface area contributed by atoms with Gasteiger partial charge in [-0.3, -0.25) is 0 Å². The maximum Gasteiger partial charge on any atom is 0.0438 e. The first-order valence-electron chi connectivity index (χ1n) is 5.97. The second kappa shape index (κ2) is 5.70. The maximum absolute atomic E-state index is 6.25. The van der Waals surface area contributed by atoms with Crippen LogP contribution in [0.25, 0.3) is 0 Å². The van der Waals surface area contributed by atoms with Gasteiger partial charge < -0.3 is 5.73 Å². The molecule has 0 radical (unpaired) electrons. The fourth-order valence-corrected chi connectivity index (χ4v) is 2.15. The average Bonchev–Trinajstić information content (AvgIpc) is 2.23. The van der Waals surface area contributed by atoms with E-state index >= 15 is 0 Å².